The van der Waals surface area contributed by atoms with Gasteiger partial charge in [0.25, 0.3) is 0 Å². The van der Waals surface area contributed by atoms with E-state index in [4.69, 9.17) is 0 Å². The number of carbonyl (C=O) groups is 1. The summed E-state index contributed by atoms with van der Waals surface area (Å²) in [7, 11) is 0.817. The van der Waals surface area contributed by atoms with E-state index in [0.717, 1.165) is 12.8 Å². The molecule has 0 spiro atoms. The molecule has 0 atom stereocenters. The number of hydrogen-bond donors (Lipinski definition) is 0. The Balaban J connectivity index is 0. The molecule has 14 heavy (non-hydrogen) atoms. The number of allylic oxidation sites excluding steroid dienone is 1. The lowest BCUT2D eigenvalue weighted by Crippen LogP contribution is -1.87. The van der Waals surface area contributed by atoms with E-state index in [-0.39, 0.29) is 5.78 Å². The van der Waals surface area contributed by atoms with Crippen LogP contribution in [-0.2, 0) is 18.4 Å². The van der Waals surface area contributed by atoms with Gasteiger partial charge < -0.3 is 4.79 Å². The predicted molar refractivity (Wildman–Crippen MR) is 56.4 cm³/mol. The maximum absolute atomic E-state index is 10.3. The van der Waals surface area contributed by atoms with Gasteiger partial charge in [-0.2, -0.15) is 0 Å². The SMILES string of the molecule is C=CCCCC(C)=O.CO[P+](=O)OC. The van der Waals surface area contributed by atoms with Crippen LogP contribution in [0, 0.1) is 0 Å². The molecule has 0 amide bonds. The molecule has 0 heterocycles. The quantitative estimate of drug-likeness (QED) is 0.393. The minimum atomic E-state index is -1.83. The van der Waals surface area contributed by atoms with Gasteiger partial charge in [0.1, 0.15) is 5.78 Å². The largest absolute Gasteiger partial charge is 0.696 e. The second-order valence-corrected chi connectivity index (χ2v) is 3.65. The fourth-order valence-electron chi connectivity index (χ4n) is 0.570. The molecule has 0 saturated heterocycles. The molecule has 82 valence electrons. The number of hydrogen-bond acceptors (Lipinski definition) is 4. The third kappa shape index (κ3) is 17.5. The highest BCUT2D eigenvalue weighted by atomic mass is 31.1. The number of ketones is 1. The van der Waals surface area contributed by atoms with Crippen LogP contribution in [0.1, 0.15) is 26.2 Å². The van der Waals surface area contributed by atoms with Gasteiger partial charge >= 0.3 is 8.25 Å². The Morgan fingerprint density at radius 2 is 1.93 bits per heavy atom. The Hall–Kier alpha value is -0.570. The van der Waals surface area contributed by atoms with Crippen molar-refractivity contribution in [3.05, 3.63) is 12.7 Å². The molecule has 0 fully saturated rings. The Kier molecular flexibility index (Phi) is 14.1. The molecular weight excluding hydrogens is 203 g/mol. The summed E-state index contributed by atoms with van der Waals surface area (Å²) < 4.78 is 18.3. The van der Waals surface area contributed by atoms with E-state index in [9.17, 15) is 9.36 Å². The zero-order valence-corrected chi connectivity index (χ0v) is 9.88. The molecule has 0 aromatic rings. The fourth-order valence-corrected chi connectivity index (χ4v) is 0.719. The van der Waals surface area contributed by atoms with Gasteiger partial charge in [-0.05, 0) is 19.8 Å². The summed E-state index contributed by atoms with van der Waals surface area (Å²) in [6.45, 7) is 5.16. The highest BCUT2D eigenvalue weighted by Gasteiger charge is 2.10. The van der Waals surface area contributed by atoms with E-state index < -0.39 is 8.25 Å². The van der Waals surface area contributed by atoms with Crippen LogP contribution in [0.5, 0.6) is 0 Å². The van der Waals surface area contributed by atoms with Crippen molar-refractivity contribution in [3.63, 3.8) is 0 Å². The van der Waals surface area contributed by atoms with Crippen LogP contribution in [-0.4, -0.2) is 20.0 Å². The van der Waals surface area contributed by atoms with Crippen LogP contribution in [0.15, 0.2) is 12.7 Å². The van der Waals surface area contributed by atoms with Crippen LogP contribution >= 0.6 is 8.25 Å². The number of rotatable bonds is 6. The lowest BCUT2D eigenvalue weighted by molar-refractivity contribution is -0.117. The Bertz CT molecular complexity index is 174. The predicted octanol–water partition coefficient (Wildman–Crippen LogP) is 2.87. The van der Waals surface area contributed by atoms with E-state index in [1.807, 2.05) is 6.08 Å². The van der Waals surface area contributed by atoms with Gasteiger partial charge in [-0.3, -0.25) is 0 Å². The van der Waals surface area contributed by atoms with E-state index in [2.05, 4.69) is 15.6 Å². The smallest absolute Gasteiger partial charge is 0.300 e. The maximum atomic E-state index is 10.3. The third-order valence-electron chi connectivity index (χ3n) is 1.24. The monoisotopic (exact) mass is 221 g/mol. The summed E-state index contributed by atoms with van der Waals surface area (Å²) in [5.74, 6) is 0.270. The zero-order chi connectivity index (χ0) is 11.4. The van der Waals surface area contributed by atoms with Gasteiger partial charge in [-0.1, -0.05) is 6.08 Å². The molecule has 0 aromatic heterocycles. The molecule has 0 aliphatic heterocycles. The molecule has 0 N–H and O–H groups in total. The maximum Gasteiger partial charge on any atom is 0.696 e. The lowest BCUT2D eigenvalue weighted by Gasteiger charge is -1.88. The average molecular weight is 221 g/mol. The van der Waals surface area contributed by atoms with Crippen molar-refractivity contribution in [1.82, 2.24) is 0 Å². The van der Waals surface area contributed by atoms with Crippen LogP contribution in [0.25, 0.3) is 0 Å². The minimum Gasteiger partial charge on any atom is -0.300 e. The van der Waals surface area contributed by atoms with Crippen molar-refractivity contribution in [2.45, 2.75) is 26.2 Å². The first-order valence-electron chi connectivity index (χ1n) is 4.24. The molecular formula is C9H18O4P+. The van der Waals surface area contributed by atoms with E-state index in [1.54, 1.807) is 6.92 Å². The molecule has 4 nitrogen and oxygen atoms in total. The summed E-state index contributed by atoms with van der Waals surface area (Å²) >= 11 is 0. The van der Waals surface area contributed by atoms with Gasteiger partial charge in [0.2, 0.25) is 0 Å². The summed E-state index contributed by atoms with van der Waals surface area (Å²) in [5.41, 5.74) is 0. The highest BCUT2D eigenvalue weighted by Crippen LogP contribution is 2.18. The van der Waals surface area contributed by atoms with E-state index >= 15 is 0 Å². The zero-order valence-electron chi connectivity index (χ0n) is 8.99. The highest BCUT2D eigenvalue weighted by molar-refractivity contribution is 7.33. The molecule has 0 unspecified atom stereocenters. The molecule has 5 heteroatoms. The summed E-state index contributed by atoms with van der Waals surface area (Å²) in [6, 6.07) is 0. The van der Waals surface area contributed by atoms with Crippen molar-refractivity contribution in [1.29, 1.82) is 0 Å². The molecule has 0 aliphatic carbocycles. The number of Topliss-reactive ketones (excluding diaryl/α,β-unsaturated/α-hetero) is 1. The van der Waals surface area contributed by atoms with Crippen LogP contribution in [0.2, 0.25) is 0 Å². The molecule has 0 saturated carbocycles. The van der Waals surface area contributed by atoms with Crippen molar-refractivity contribution in [2.24, 2.45) is 0 Å². The normalized spacial score (nSPS) is 8.50. The average Bonchev–Trinajstić information content (AvgIpc) is 2.17. The van der Waals surface area contributed by atoms with Crippen LogP contribution < -0.4 is 0 Å². The Labute approximate surface area is 86.2 Å². The summed E-state index contributed by atoms with van der Waals surface area (Å²) in [6.07, 6.45) is 4.45. The van der Waals surface area contributed by atoms with Gasteiger partial charge in [0.15, 0.2) is 0 Å². The van der Waals surface area contributed by atoms with Crippen LogP contribution in [0.3, 0.4) is 0 Å². The first-order valence-corrected chi connectivity index (χ1v) is 5.33. The molecule has 0 aromatic carbocycles. The first-order chi connectivity index (χ1) is 6.58. The molecule has 0 aliphatic rings. The van der Waals surface area contributed by atoms with E-state index in [1.165, 1.54) is 14.2 Å². The van der Waals surface area contributed by atoms with Gasteiger partial charge in [-0.15, -0.1) is 15.6 Å². The van der Waals surface area contributed by atoms with Crippen molar-refractivity contribution in [3.8, 4) is 0 Å². The van der Waals surface area contributed by atoms with Gasteiger partial charge in [-0.25, -0.2) is 0 Å². The number of unbranched alkanes of at least 4 members (excludes halogenated alkanes) is 1. The second kappa shape index (κ2) is 12.4. The molecule has 0 rings (SSSR count). The summed E-state index contributed by atoms with van der Waals surface area (Å²) in [5, 5.41) is 0. The topological polar surface area (TPSA) is 52.6 Å². The molecule has 0 bridgehead atoms. The van der Waals surface area contributed by atoms with E-state index in [0.29, 0.717) is 6.42 Å². The lowest BCUT2D eigenvalue weighted by atomic mass is 10.2. The minimum absolute atomic E-state index is 0.270. The Morgan fingerprint density at radius 1 is 1.43 bits per heavy atom. The van der Waals surface area contributed by atoms with Crippen molar-refractivity contribution >= 4 is 14.0 Å². The fraction of sp³-hybridized carbons (Fsp3) is 0.667. The van der Waals surface area contributed by atoms with Gasteiger partial charge in [0, 0.05) is 11.0 Å². The number of carbonyl (C=O) groups excluding carboxylic acids is 1. The first kappa shape index (κ1) is 15.9. The Morgan fingerprint density at radius 3 is 2.14 bits per heavy atom. The summed E-state index contributed by atoms with van der Waals surface area (Å²) in [4.78, 5) is 10.3. The third-order valence-corrected chi connectivity index (χ3v) is 1.83. The standard InChI is InChI=1S/C7H12O.C2H6O3P/c1-3-4-5-6-7(2)8;1-4-6(3)5-2/h3H,1,4-6H2,2H3;1-2H3/q;+1. The van der Waals surface area contributed by atoms with Crippen molar-refractivity contribution < 1.29 is 18.4 Å². The van der Waals surface area contributed by atoms with Crippen LogP contribution in [0.4, 0.5) is 0 Å². The molecule has 0 radical (unpaired) electrons. The second-order valence-electron chi connectivity index (χ2n) is 2.47. The van der Waals surface area contributed by atoms with Gasteiger partial charge in [0.05, 0.1) is 14.2 Å². The van der Waals surface area contributed by atoms with Crippen molar-refractivity contribution in [2.75, 3.05) is 14.2 Å².